The molecule has 0 amide bonds. The molecule has 0 bridgehead atoms. The number of hydrogen-bond acceptors (Lipinski definition) is 3. The molecule has 0 saturated carbocycles. The van der Waals surface area contributed by atoms with E-state index < -0.39 is 0 Å². The van der Waals surface area contributed by atoms with E-state index in [0.717, 1.165) is 31.0 Å². The van der Waals surface area contributed by atoms with Crippen molar-refractivity contribution in [1.82, 2.24) is 0 Å². The summed E-state index contributed by atoms with van der Waals surface area (Å²) in [7, 11) is 0. The summed E-state index contributed by atoms with van der Waals surface area (Å²) < 4.78 is 13.8. The predicted molar refractivity (Wildman–Crippen MR) is 66.5 cm³/mol. The molecule has 1 heterocycles. The monoisotopic (exact) mass is 241 g/mol. The highest BCUT2D eigenvalue weighted by molar-refractivity contribution is 7.99. The minimum atomic E-state index is -0.224. The van der Waals surface area contributed by atoms with Crippen molar-refractivity contribution in [2.24, 2.45) is 0 Å². The molecule has 0 aliphatic carbocycles. The lowest BCUT2D eigenvalue weighted by atomic mass is 10.1. The first-order valence-corrected chi connectivity index (χ1v) is 6.69. The highest BCUT2D eigenvalue weighted by Gasteiger charge is 2.16. The van der Waals surface area contributed by atoms with Crippen LogP contribution in [0.4, 0.5) is 10.1 Å². The lowest BCUT2D eigenvalue weighted by molar-refractivity contribution is 0.281. The van der Waals surface area contributed by atoms with Crippen LogP contribution in [0.15, 0.2) is 18.2 Å². The molecule has 1 aliphatic heterocycles. The van der Waals surface area contributed by atoms with Crippen molar-refractivity contribution in [2.75, 3.05) is 29.5 Å². The second-order valence-electron chi connectivity index (χ2n) is 3.86. The molecule has 0 unspecified atom stereocenters. The number of benzene rings is 1. The van der Waals surface area contributed by atoms with Crippen molar-refractivity contribution in [1.29, 1.82) is 0 Å². The van der Waals surface area contributed by atoms with Crippen LogP contribution in [0.2, 0.25) is 0 Å². The molecule has 4 heteroatoms. The average molecular weight is 241 g/mol. The summed E-state index contributed by atoms with van der Waals surface area (Å²) in [5.41, 5.74) is 1.28. The van der Waals surface area contributed by atoms with Crippen LogP contribution in [-0.4, -0.2) is 29.7 Å². The minimum absolute atomic E-state index is 0.100. The molecule has 1 N–H and O–H groups in total. The zero-order valence-electron chi connectivity index (χ0n) is 9.16. The minimum Gasteiger partial charge on any atom is -0.392 e. The molecular weight excluding hydrogens is 225 g/mol. The van der Waals surface area contributed by atoms with E-state index in [2.05, 4.69) is 4.90 Å². The van der Waals surface area contributed by atoms with Gasteiger partial charge < -0.3 is 10.0 Å². The molecule has 1 aromatic rings. The summed E-state index contributed by atoms with van der Waals surface area (Å²) >= 11 is 1.91. The number of para-hydroxylation sites is 1. The Labute approximate surface area is 99.5 Å². The number of halogens is 1. The van der Waals surface area contributed by atoms with Gasteiger partial charge in [-0.2, -0.15) is 11.8 Å². The molecule has 16 heavy (non-hydrogen) atoms. The Hall–Kier alpha value is -0.740. The van der Waals surface area contributed by atoms with Gasteiger partial charge in [0.1, 0.15) is 5.82 Å². The summed E-state index contributed by atoms with van der Waals surface area (Å²) in [5.74, 6) is 1.94. The Bertz CT molecular complexity index is 351. The van der Waals surface area contributed by atoms with Crippen LogP contribution in [0.1, 0.15) is 12.0 Å². The van der Waals surface area contributed by atoms with Gasteiger partial charge in [-0.25, -0.2) is 4.39 Å². The maximum Gasteiger partial charge on any atom is 0.146 e. The zero-order valence-corrected chi connectivity index (χ0v) is 9.97. The second kappa shape index (κ2) is 5.55. The van der Waals surface area contributed by atoms with E-state index in [1.807, 2.05) is 11.8 Å². The Morgan fingerprint density at radius 3 is 3.00 bits per heavy atom. The lowest BCUT2D eigenvalue weighted by Gasteiger charge is -2.25. The van der Waals surface area contributed by atoms with Gasteiger partial charge in [-0.05, 0) is 18.2 Å². The van der Waals surface area contributed by atoms with Crippen molar-refractivity contribution in [2.45, 2.75) is 13.0 Å². The standard InChI is InChI=1S/C12H16FNOS/c13-11-4-1-3-10(9-15)12(11)14-5-2-7-16-8-6-14/h1,3-4,15H,2,5-9H2. The van der Waals surface area contributed by atoms with Gasteiger partial charge in [0.25, 0.3) is 0 Å². The van der Waals surface area contributed by atoms with E-state index in [-0.39, 0.29) is 12.4 Å². The number of hydrogen-bond donors (Lipinski definition) is 1. The molecule has 2 rings (SSSR count). The molecular formula is C12H16FNOS. The first-order chi connectivity index (χ1) is 7.83. The number of nitrogens with zero attached hydrogens (tertiary/aromatic N) is 1. The Morgan fingerprint density at radius 2 is 2.19 bits per heavy atom. The molecule has 2 nitrogen and oxygen atoms in total. The normalized spacial score (nSPS) is 17.2. The van der Waals surface area contributed by atoms with E-state index in [1.54, 1.807) is 12.1 Å². The first kappa shape index (κ1) is 11.7. The van der Waals surface area contributed by atoms with Gasteiger partial charge in [-0.3, -0.25) is 0 Å². The Morgan fingerprint density at radius 1 is 1.31 bits per heavy atom. The van der Waals surface area contributed by atoms with Crippen LogP contribution in [0.5, 0.6) is 0 Å². The highest BCUT2D eigenvalue weighted by Crippen LogP contribution is 2.26. The number of rotatable bonds is 2. The van der Waals surface area contributed by atoms with Crippen LogP contribution in [-0.2, 0) is 6.61 Å². The van der Waals surface area contributed by atoms with Crippen molar-refractivity contribution in [3.05, 3.63) is 29.6 Å². The number of aliphatic hydroxyl groups excluding tert-OH is 1. The fraction of sp³-hybridized carbons (Fsp3) is 0.500. The zero-order chi connectivity index (χ0) is 11.4. The number of anilines is 1. The van der Waals surface area contributed by atoms with Crippen LogP contribution in [0, 0.1) is 5.82 Å². The molecule has 0 spiro atoms. The first-order valence-electron chi connectivity index (χ1n) is 5.54. The van der Waals surface area contributed by atoms with Gasteiger partial charge >= 0.3 is 0 Å². The fourth-order valence-electron chi connectivity index (χ4n) is 2.01. The van der Waals surface area contributed by atoms with Crippen molar-refractivity contribution in [3.63, 3.8) is 0 Å². The molecule has 0 atom stereocenters. The SMILES string of the molecule is OCc1cccc(F)c1N1CCCSCC1. The summed E-state index contributed by atoms with van der Waals surface area (Å²) in [6, 6.07) is 4.90. The molecule has 1 aromatic carbocycles. The van der Waals surface area contributed by atoms with Gasteiger partial charge in [0.2, 0.25) is 0 Å². The quantitative estimate of drug-likeness (QED) is 0.859. The topological polar surface area (TPSA) is 23.5 Å². The Balaban J connectivity index is 2.29. The van der Waals surface area contributed by atoms with Crippen molar-refractivity contribution in [3.8, 4) is 0 Å². The largest absolute Gasteiger partial charge is 0.392 e. The maximum atomic E-state index is 13.8. The molecule has 88 valence electrons. The van der Waals surface area contributed by atoms with Gasteiger partial charge in [-0.15, -0.1) is 0 Å². The van der Waals surface area contributed by atoms with Gasteiger partial charge in [0, 0.05) is 24.4 Å². The van der Waals surface area contributed by atoms with Gasteiger partial charge in [0.15, 0.2) is 0 Å². The van der Waals surface area contributed by atoms with Crippen LogP contribution in [0.25, 0.3) is 0 Å². The average Bonchev–Trinajstić information content (AvgIpc) is 2.57. The van der Waals surface area contributed by atoms with E-state index in [1.165, 1.54) is 6.07 Å². The van der Waals surface area contributed by atoms with Gasteiger partial charge in [0.05, 0.1) is 12.3 Å². The predicted octanol–water partition coefficient (Wildman–Crippen LogP) is 2.26. The molecule has 1 saturated heterocycles. The Kier molecular flexibility index (Phi) is 4.07. The number of aliphatic hydroxyl groups is 1. The van der Waals surface area contributed by atoms with Crippen LogP contribution < -0.4 is 4.90 Å². The van der Waals surface area contributed by atoms with Crippen molar-refractivity contribution < 1.29 is 9.50 Å². The van der Waals surface area contributed by atoms with E-state index in [9.17, 15) is 9.50 Å². The molecule has 1 aliphatic rings. The van der Waals surface area contributed by atoms with E-state index in [0.29, 0.717) is 11.3 Å². The lowest BCUT2D eigenvalue weighted by Crippen LogP contribution is -2.27. The molecule has 1 fully saturated rings. The summed E-state index contributed by atoms with van der Waals surface area (Å²) in [5, 5.41) is 9.25. The third-order valence-corrected chi connectivity index (χ3v) is 3.83. The van der Waals surface area contributed by atoms with Gasteiger partial charge in [-0.1, -0.05) is 12.1 Å². The summed E-state index contributed by atoms with van der Waals surface area (Å²) in [6.07, 6.45) is 1.07. The third kappa shape index (κ3) is 2.50. The maximum absolute atomic E-state index is 13.8. The summed E-state index contributed by atoms with van der Waals surface area (Å²) in [6.45, 7) is 1.64. The van der Waals surface area contributed by atoms with Crippen LogP contribution in [0.3, 0.4) is 0 Å². The van der Waals surface area contributed by atoms with E-state index >= 15 is 0 Å². The van der Waals surface area contributed by atoms with E-state index in [4.69, 9.17) is 0 Å². The third-order valence-electron chi connectivity index (χ3n) is 2.78. The molecule has 0 aromatic heterocycles. The highest BCUT2D eigenvalue weighted by atomic mass is 32.2. The second-order valence-corrected chi connectivity index (χ2v) is 5.08. The van der Waals surface area contributed by atoms with Crippen LogP contribution >= 0.6 is 11.8 Å². The smallest absolute Gasteiger partial charge is 0.146 e. The fourth-order valence-corrected chi connectivity index (χ4v) is 2.90. The van der Waals surface area contributed by atoms with Crippen molar-refractivity contribution >= 4 is 17.4 Å². The summed E-state index contributed by atoms with van der Waals surface area (Å²) in [4.78, 5) is 2.06. The number of thioether (sulfide) groups is 1. The molecule has 0 radical (unpaired) electrons.